The second kappa shape index (κ2) is 10.6. The first kappa shape index (κ1) is 22.4. The highest BCUT2D eigenvalue weighted by atomic mass is 127. The fraction of sp³-hybridized carbons (Fsp3) is 0.667. The van der Waals surface area contributed by atoms with Crippen molar-refractivity contribution >= 4 is 29.9 Å². The lowest BCUT2D eigenvalue weighted by Gasteiger charge is -2.38. The molecular weight excluding hydrogens is 453 g/mol. The van der Waals surface area contributed by atoms with Gasteiger partial charge in [-0.3, -0.25) is 4.99 Å². The first-order valence-corrected chi connectivity index (χ1v) is 10.00. The van der Waals surface area contributed by atoms with Crippen LogP contribution in [0.5, 0.6) is 0 Å². The highest BCUT2D eigenvalue weighted by Crippen LogP contribution is 2.47. The van der Waals surface area contributed by atoms with Gasteiger partial charge in [-0.05, 0) is 44.1 Å². The summed E-state index contributed by atoms with van der Waals surface area (Å²) in [7, 11) is 0. The van der Waals surface area contributed by atoms with Gasteiger partial charge in [0.2, 0.25) is 0 Å². The zero-order valence-corrected chi connectivity index (χ0v) is 18.9. The largest absolute Gasteiger partial charge is 0.389 e. The molecule has 2 unspecified atom stereocenters. The van der Waals surface area contributed by atoms with Crippen LogP contribution in [-0.4, -0.2) is 54.9 Å². The Morgan fingerprint density at radius 1 is 1.30 bits per heavy atom. The average Bonchev–Trinajstić information content (AvgIpc) is 3.10. The summed E-state index contributed by atoms with van der Waals surface area (Å²) >= 11 is 0. The van der Waals surface area contributed by atoms with Crippen molar-refractivity contribution in [2.45, 2.75) is 51.7 Å². The summed E-state index contributed by atoms with van der Waals surface area (Å²) in [6, 6.07) is 10.1. The Morgan fingerprint density at radius 3 is 2.63 bits per heavy atom. The number of hydrogen-bond donors (Lipinski definition) is 2. The third-order valence-electron chi connectivity index (χ3n) is 5.75. The third-order valence-corrected chi connectivity index (χ3v) is 5.75. The summed E-state index contributed by atoms with van der Waals surface area (Å²) in [6.45, 7) is 7.79. The maximum atomic E-state index is 10.3. The van der Waals surface area contributed by atoms with Crippen LogP contribution >= 0.6 is 24.0 Å². The molecule has 0 bridgehead atoms. The number of nitrogens with one attached hydrogen (secondary N) is 1. The highest BCUT2D eigenvalue weighted by molar-refractivity contribution is 14.0. The Morgan fingerprint density at radius 2 is 2.04 bits per heavy atom. The normalized spacial score (nSPS) is 20.7. The average molecular weight is 487 g/mol. The van der Waals surface area contributed by atoms with Gasteiger partial charge < -0.3 is 20.1 Å². The maximum absolute atomic E-state index is 10.3. The molecule has 0 radical (unpaired) electrons. The molecule has 152 valence electrons. The number of hydrogen-bond acceptors (Lipinski definition) is 3. The van der Waals surface area contributed by atoms with Crippen LogP contribution in [-0.2, 0) is 4.74 Å². The topological polar surface area (TPSA) is 57.1 Å². The van der Waals surface area contributed by atoms with Crippen molar-refractivity contribution in [2.24, 2.45) is 10.4 Å². The van der Waals surface area contributed by atoms with E-state index in [0.717, 1.165) is 31.2 Å². The van der Waals surface area contributed by atoms with Crippen LogP contribution < -0.4 is 5.32 Å². The minimum absolute atomic E-state index is 0. The minimum Gasteiger partial charge on any atom is -0.389 e. The van der Waals surface area contributed by atoms with Crippen molar-refractivity contribution in [3.63, 3.8) is 0 Å². The molecule has 1 aromatic rings. The molecular formula is C21H34IN3O2. The highest BCUT2D eigenvalue weighted by Gasteiger charge is 2.43. The molecule has 2 aliphatic rings. The van der Waals surface area contributed by atoms with Gasteiger partial charge in [-0.15, -0.1) is 24.0 Å². The summed E-state index contributed by atoms with van der Waals surface area (Å²) in [6.07, 6.45) is 4.75. The molecule has 1 aliphatic carbocycles. The number of halogens is 1. The molecule has 1 spiro atoms. The molecule has 1 saturated heterocycles. The minimum atomic E-state index is -0.588. The summed E-state index contributed by atoms with van der Waals surface area (Å²) in [5.41, 5.74) is 1.67. The molecule has 1 heterocycles. The van der Waals surface area contributed by atoms with E-state index in [1.165, 1.54) is 25.7 Å². The second-order valence-corrected chi connectivity index (χ2v) is 7.76. The molecule has 5 nitrogen and oxygen atoms in total. The molecule has 2 N–H and O–H groups in total. The van der Waals surface area contributed by atoms with Gasteiger partial charge in [0, 0.05) is 19.6 Å². The van der Waals surface area contributed by atoms with Gasteiger partial charge in [-0.25, -0.2) is 0 Å². The maximum Gasteiger partial charge on any atom is 0.194 e. The molecule has 2 fully saturated rings. The van der Waals surface area contributed by atoms with Crippen LogP contribution in [0.1, 0.15) is 51.2 Å². The summed E-state index contributed by atoms with van der Waals surface area (Å²) in [5.74, 6) is 0.937. The van der Waals surface area contributed by atoms with E-state index in [-0.39, 0.29) is 30.1 Å². The zero-order valence-electron chi connectivity index (χ0n) is 16.6. The van der Waals surface area contributed by atoms with Crippen LogP contribution in [0.15, 0.2) is 35.3 Å². The lowest BCUT2D eigenvalue weighted by atomic mass is 9.68. The van der Waals surface area contributed by atoms with E-state index in [2.05, 4.69) is 22.1 Å². The lowest BCUT2D eigenvalue weighted by Crippen LogP contribution is -2.43. The summed E-state index contributed by atoms with van der Waals surface area (Å²) in [4.78, 5) is 7.04. The van der Waals surface area contributed by atoms with E-state index < -0.39 is 6.10 Å². The number of rotatable bonds is 7. The van der Waals surface area contributed by atoms with E-state index in [0.29, 0.717) is 18.6 Å². The molecule has 27 heavy (non-hydrogen) atoms. The van der Waals surface area contributed by atoms with E-state index in [1.54, 1.807) is 0 Å². The Labute approximate surface area is 180 Å². The Kier molecular flexibility index (Phi) is 8.82. The second-order valence-electron chi connectivity index (χ2n) is 7.76. The van der Waals surface area contributed by atoms with Crippen LogP contribution in [0.25, 0.3) is 0 Å². The van der Waals surface area contributed by atoms with Crippen molar-refractivity contribution < 1.29 is 9.84 Å². The van der Waals surface area contributed by atoms with Crippen LogP contribution in [0.4, 0.5) is 0 Å². The van der Waals surface area contributed by atoms with E-state index in [1.807, 2.05) is 37.3 Å². The molecule has 1 aliphatic heterocycles. The van der Waals surface area contributed by atoms with Crippen molar-refractivity contribution in [3.8, 4) is 0 Å². The van der Waals surface area contributed by atoms with Crippen molar-refractivity contribution in [3.05, 3.63) is 35.9 Å². The first-order valence-electron chi connectivity index (χ1n) is 10.00. The number of aliphatic hydroxyl groups is 1. The molecule has 2 atom stereocenters. The molecule has 0 aromatic heterocycles. The predicted molar refractivity (Wildman–Crippen MR) is 121 cm³/mol. The zero-order chi connectivity index (χ0) is 18.4. The number of nitrogens with zero attached hydrogens (tertiary/aromatic N) is 2. The standard InChI is InChI=1S/C21H33N3O2.HI/c1-3-22-20(24-13-12-21(16-24)10-7-11-21)23-14-19(25)15-26-17(2)18-8-5-4-6-9-18;/h4-6,8-9,17,19,25H,3,7,10-16H2,1-2H3,(H,22,23);1H. The van der Waals surface area contributed by atoms with Gasteiger partial charge in [-0.1, -0.05) is 36.8 Å². The number of benzene rings is 1. The number of likely N-dealkylation sites (tertiary alicyclic amines) is 1. The van der Waals surface area contributed by atoms with Gasteiger partial charge in [-0.2, -0.15) is 0 Å². The van der Waals surface area contributed by atoms with Gasteiger partial charge in [0.1, 0.15) is 0 Å². The van der Waals surface area contributed by atoms with E-state index in [9.17, 15) is 5.11 Å². The SMILES string of the molecule is CCNC(=NCC(O)COC(C)c1ccccc1)N1CCC2(CCC2)C1.I. The van der Waals surface area contributed by atoms with Gasteiger partial charge in [0.15, 0.2) is 5.96 Å². The number of ether oxygens (including phenoxy) is 1. The lowest BCUT2D eigenvalue weighted by molar-refractivity contribution is 0.00105. The molecule has 6 heteroatoms. The van der Waals surface area contributed by atoms with E-state index >= 15 is 0 Å². The quantitative estimate of drug-likeness (QED) is 0.351. The molecule has 3 rings (SSSR count). The summed E-state index contributed by atoms with van der Waals surface area (Å²) in [5, 5.41) is 13.7. The van der Waals surface area contributed by atoms with Gasteiger partial charge in [0.25, 0.3) is 0 Å². The van der Waals surface area contributed by atoms with Gasteiger partial charge in [0.05, 0.1) is 25.4 Å². The van der Waals surface area contributed by atoms with Crippen molar-refractivity contribution in [1.82, 2.24) is 10.2 Å². The fourth-order valence-corrected chi connectivity index (χ4v) is 3.95. The van der Waals surface area contributed by atoms with E-state index in [4.69, 9.17) is 4.74 Å². The van der Waals surface area contributed by atoms with Crippen LogP contribution in [0, 0.1) is 5.41 Å². The van der Waals surface area contributed by atoms with Crippen LogP contribution in [0.2, 0.25) is 0 Å². The molecule has 1 saturated carbocycles. The Balaban J connectivity index is 0.00000261. The van der Waals surface area contributed by atoms with Gasteiger partial charge >= 0.3 is 0 Å². The molecule has 0 amide bonds. The Bertz CT molecular complexity index is 592. The van der Waals surface area contributed by atoms with Crippen LogP contribution in [0.3, 0.4) is 0 Å². The Hall–Kier alpha value is -0.860. The third kappa shape index (κ3) is 6.06. The van der Waals surface area contributed by atoms with Crippen molar-refractivity contribution in [2.75, 3.05) is 32.8 Å². The fourth-order valence-electron chi connectivity index (χ4n) is 3.95. The smallest absolute Gasteiger partial charge is 0.194 e. The number of aliphatic hydroxyl groups excluding tert-OH is 1. The number of guanidine groups is 1. The first-order chi connectivity index (χ1) is 12.6. The predicted octanol–water partition coefficient (Wildman–Crippen LogP) is 3.58. The summed E-state index contributed by atoms with van der Waals surface area (Å²) < 4.78 is 5.81. The van der Waals surface area contributed by atoms with Crippen molar-refractivity contribution in [1.29, 1.82) is 0 Å². The monoisotopic (exact) mass is 487 g/mol. The number of aliphatic imine (C=N–C) groups is 1. The molecule has 1 aromatic carbocycles.